The topological polar surface area (TPSA) is 174 Å². The van der Waals surface area contributed by atoms with Crippen molar-refractivity contribution in [1.82, 2.24) is 51.0 Å². The average molecular weight is 727 g/mol. The SMILES string of the molecule is CC(C)(CCC(C)(C)NC1CCN(c2ncc(-c3cc4ncccc4cc3O)nn2)C1)NC1CCN(c2ncc(-c3cc4ccncc4cc3O)nn2)C1. The van der Waals surface area contributed by atoms with E-state index in [1.54, 1.807) is 43.1 Å². The lowest BCUT2D eigenvalue weighted by Crippen LogP contribution is -2.51. The Morgan fingerprint density at radius 1 is 0.648 bits per heavy atom. The van der Waals surface area contributed by atoms with Crippen LogP contribution in [0.15, 0.2) is 73.4 Å². The molecule has 0 bridgehead atoms. The van der Waals surface area contributed by atoms with Crippen molar-refractivity contribution in [2.24, 2.45) is 0 Å². The molecule has 2 aliphatic rings. The van der Waals surface area contributed by atoms with Crippen LogP contribution in [0.25, 0.3) is 44.2 Å². The quantitative estimate of drug-likeness (QED) is 0.136. The number of benzene rings is 2. The van der Waals surface area contributed by atoms with Gasteiger partial charge in [0.1, 0.15) is 22.9 Å². The van der Waals surface area contributed by atoms with Crippen molar-refractivity contribution >= 4 is 33.6 Å². The summed E-state index contributed by atoms with van der Waals surface area (Å²) in [5.74, 6) is 1.45. The van der Waals surface area contributed by atoms with Gasteiger partial charge in [0.15, 0.2) is 0 Å². The lowest BCUT2D eigenvalue weighted by atomic mass is 9.88. The molecule has 278 valence electrons. The fourth-order valence-electron chi connectivity index (χ4n) is 7.71. The highest BCUT2D eigenvalue weighted by molar-refractivity contribution is 5.89. The van der Waals surface area contributed by atoms with Crippen LogP contribution >= 0.6 is 0 Å². The number of hydrogen-bond donors (Lipinski definition) is 4. The van der Waals surface area contributed by atoms with Gasteiger partial charge in [0.2, 0.25) is 11.9 Å². The van der Waals surface area contributed by atoms with Gasteiger partial charge in [-0.2, -0.15) is 0 Å². The minimum Gasteiger partial charge on any atom is -0.507 e. The molecule has 2 unspecified atom stereocenters. The minimum absolute atomic E-state index is 0.0653. The van der Waals surface area contributed by atoms with E-state index in [0.717, 1.165) is 73.5 Å². The van der Waals surface area contributed by atoms with Crippen molar-refractivity contribution in [3.8, 4) is 34.0 Å². The summed E-state index contributed by atoms with van der Waals surface area (Å²) in [6.45, 7) is 12.4. The van der Waals surface area contributed by atoms with Gasteiger partial charge in [-0.15, -0.1) is 20.4 Å². The molecule has 14 heteroatoms. The van der Waals surface area contributed by atoms with Crippen LogP contribution in [-0.2, 0) is 0 Å². The minimum atomic E-state index is -0.0659. The number of nitrogens with one attached hydrogen (secondary N) is 2. The molecular weight excluding hydrogens is 681 g/mol. The van der Waals surface area contributed by atoms with Crippen LogP contribution in [0, 0.1) is 0 Å². The third-order valence-corrected chi connectivity index (χ3v) is 10.6. The normalized spacial score (nSPS) is 17.9. The molecule has 4 aromatic heterocycles. The third kappa shape index (κ3) is 7.71. The van der Waals surface area contributed by atoms with Crippen molar-refractivity contribution in [2.75, 3.05) is 36.0 Å². The maximum atomic E-state index is 10.6. The Hall–Kier alpha value is -5.60. The number of phenols is 2. The van der Waals surface area contributed by atoms with Crippen LogP contribution in [0.5, 0.6) is 11.5 Å². The van der Waals surface area contributed by atoms with Gasteiger partial charge in [0.25, 0.3) is 0 Å². The number of aromatic nitrogens is 8. The molecule has 0 spiro atoms. The van der Waals surface area contributed by atoms with Crippen LogP contribution in [0.4, 0.5) is 11.9 Å². The molecule has 0 saturated carbocycles. The van der Waals surface area contributed by atoms with E-state index in [4.69, 9.17) is 0 Å². The van der Waals surface area contributed by atoms with Gasteiger partial charge >= 0.3 is 0 Å². The van der Waals surface area contributed by atoms with Crippen LogP contribution < -0.4 is 20.4 Å². The number of pyridine rings is 2. The van der Waals surface area contributed by atoms with Gasteiger partial charge in [0, 0.05) is 89.8 Å². The van der Waals surface area contributed by atoms with E-state index in [2.05, 4.69) is 88.5 Å². The summed E-state index contributed by atoms with van der Waals surface area (Å²) in [5.41, 5.74) is 2.85. The summed E-state index contributed by atoms with van der Waals surface area (Å²) in [6, 6.07) is 13.4. The van der Waals surface area contributed by atoms with Crippen molar-refractivity contribution in [3.05, 3.63) is 73.4 Å². The number of fused-ring (bicyclic) bond motifs is 2. The predicted octanol–water partition coefficient (Wildman–Crippen LogP) is 5.27. The Labute approximate surface area is 314 Å². The van der Waals surface area contributed by atoms with Crippen LogP contribution in [-0.4, -0.2) is 99.9 Å². The molecular formula is C40H46N12O2. The molecule has 2 saturated heterocycles. The molecule has 0 radical (unpaired) electrons. The van der Waals surface area contributed by atoms with Crippen molar-refractivity contribution in [2.45, 2.75) is 76.5 Å². The van der Waals surface area contributed by atoms with E-state index >= 15 is 0 Å². The largest absolute Gasteiger partial charge is 0.507 e. The molecule has 6 heterocycles. The van der Waals surface area contributed by atoms with Gasteiger partial charge < -0.3 is 30.6 Å². The average Bonchev–Trinajstić information content (AvgIpc) is 3.83. The number of nitrogens with zero attached hydrogens (tertiary/aromatic N) is 10. The molecule has 54 heavy (non-hydrogen) atoms. The van der Waals surface area contributed by atoms with Crippen LogP contribution in [0.3, 0.4) is 0 Å². The summed E-state index contributed by atoms with van der Waals surface area (Å²) in [4.78, 5) is 22.1. The number of rotatable bonds is 11. The molecule has 2 fully saturated rings. The highest BCUT2D eigenvalue weighted by Crippen LogP contribution is 2.33. The van der Waals surface area contributed by atoms with Gasteiger partial charge in [-0.25, -0.2) is 9.97 Å². The Morgan fingerprint density at radius 3 is 1.80 bits per heavy atom. The zero-order valence-electron chi connectivity index (χ0n) is 31.1. The van der Waals surface area contributed by atoms with E-state index < -0.39 is 0 Å². The number of anilines is 2. The first-order chi connectivity index (χ1) is 26.0. The number of phenolic OH excluding ortho intramolecular Hbond substituents is 2. The summed E-state index contributed by atoms with van der Waals surface area (Å²) < 4.78 is 0. The standard InChI is InChI=1S/C40H46N12O2/c1-39(2,45-28-8-14-51(23-28)37-43-21-33(47-49-37)30-16-25-7-13-41-20-27(25)18-36(30)54)10-11-40(3,4)46-29-9-15-52(24-29)38-44-22-34(48-50-38)31-19-32-26(17-35(31)53)6-5-12-42-32/h5-7,12-13,16-22,28-29,45-46,53-54H,8-11,14-15,23-24H2,1-4H3. The monoisotopic (exact) mass is 726 g/mol. The van der Waals surface area contributed by atoms with Gasteiger partial charge in [-0.05, 0) is 95.2 Å². The second-order valence-electron chi connectivity index (χ2n) is 15.9. The van der Waals surface area contributed by atoms with E-state index in [-0.39, 0.29) is 22.6 Å². The molecule has 2 atom stereocenters. The van der Waals surface area contributed by atoms with Crippen molar-refractivity contribution in [1.29, 1.82) is 0 Å². The molecule has 6 aromatic rings. The number of hydrogen-bond acceptors (Lipinski definition) is 14. The lowest BCUT2D eigenvalue weighted by molar-refractivity contribution is 0.253. The van der Waals surface area contributed by atoms with Gasteiger partial charge in [-0.3, -0.25) is 9.97 Å². The van der Waals surface area contributed by atoms with Crippen LogP contribution in [0.1, 0.15) is 53.4 Å². The van der Waals surface area contributed by atoms with E-state index in [1.807, 2.05) is 30.3 Å². The summed E-state index contributed by atoms with van der Waals surface area (Å²) in [6.07, 6.45) is 12.5. The maximum absolute atomic E-state index is 10.6. The third-order valence-electron chi connectivity index (χ3n) is 10.6. The van der Waals surface area contributed by atoms with Crippen molar-refractivity contribution < 1.29 is 10.2 Å². The number of aromatic hydroxyl groups is 2. The van der Waals surface area contributed by atoms with Crippen LogP contribution in [0.2, 0.25) is 0 Å². The highest BCUT2D eigenvalue weighted by Gasteiger charge is 2.33. The van der Waals surface area contributed by atoms with Crippen molar-refractivity contribution in [3.63, 3.8) is 0 Å². The first kappa shape index (κ1) is 35.4. The lowest BCUT2D eigenvalue weighted by Gasteiger charge is -2.36. The Balaban J connectivity index is 0.811. The summed E-state index contributed by atoms with van der Waals surface area (Å²) in [5, 5.41) is 49.4. The summed E-state index contributed by atoms with van der Waals surface area (Å²) in [7, 11) is 0. The van der Waals surface area contributed by atoms with Gasteiger partial charge in [-0.1, -0.05) is 6.07 Å². The smallest absolute Gasteiger partial charge is 0.245 e. The Kier molecular flexibility index (Phi) is 9.40. The summed E-state index contributed by atoms with van der Waals surface area (Å²) >= 11 is 0. The second-order valence-corrected chi connectivity index (χ2v) is 15.9. The van der Waals surface area contributed by atoms with E-state index in [0.29, 0.717) is 46.5 Å². The molecule has 0 aliphatic carbocycles. The molecule has 14 nitrogen and oxygen atoms in total. The first-order valence-electron chi connectivity index (χ1n) is 18.6. The predicted molar refractivity (Wildman–Crippen MR) is 209 cm³/mol. The fraction of sp³-hybridized carbons (Fsp3) is 0.400. The van der Waals surface area contributed by atoms with Gasteiger partial charge in [0.05, 0.1) is 17.9 Å². The van der Waals surface area contributed by atoms with E-state index in [9.17, 15) is 10.2 Å². The zero-order chi connectivity index (χ0) is 37.5. The molecule has 0 amide bonds. The fourth-order valence-corrected chi connectivity index (χ4v) is 7.71. The molecule has 8 rings (SSSR count). The molecule has 2 aliphatic heterocycles. The second kappa shape index (κ2) is 14.3. The highest BCUT2D eigenvalue weighted by atomic mass is 16.3. The molecule has 4 N–H and O–H groups in total. The molecule has 2 aromatic carbocycles. The van der Waals surface area contributed by atoms with E-state index in [1.165, 1.54) is 0 Å². The Morgan fingerprint density at radius 2 is 1.22 bits per heavy atom. The maximum Gasteiger partial charge on any atom is 0.245 e. The zero-order valence-corrected chi connectivity index (χ0v) is 31.1. The Bertz CT molecular complexity index is 2100. The first-order valence-corrected chi connectivity index (χ1v) is 18.6.